The molecule has 0 saturated carbocycles. The molecule has 0 amide bonds. The zero-order valence-corrected chi connectivity index (χ0v) is 13.9. The van der Waals surface area contributed by atoms with E-state index in [9.17, 15) is 0 Å². The van der Waals surface area contributed by atoms with Crippen molar-refractivity contribution < 1.29 is 4.74 Å². The lowest BCUT2D eigenvalue weighted by molar-refractivity contribution is -0.100. The Morgan fingerprint density at radius 2 is 2.29 bits per heavy atom. The van der Waals surface area contributed by atoms with Crippen LogP contribution in [-0.2, 0) is 11.3 Å². The number of aromatic nitrogens is 3. The quantitative estimate of drug-likeness (QED) is 0.925. The molecule has 1 spiro atoms. The van der Waals surface area contributed by atoms with Crippen LogP contribution < -0.4 is 5.32 Å². The maximum absolute atomic E-state index is 6.16. The van der Waals surface area contributed by atoms with Crippen LogP contribution in [0.4, 0.5) is 0 Å². The number of nitrogens with one attached hydrogen (secondary N) is 1. The molecule has 1 aromatic heterocycles. The van der Waals surface area contributed by atoms with Gasteiger partial charge in [-0.2, -0.15) is 11.8 Å². The highest BCUT2D eigenvalue weighted by Gasteiger charge is 2.39. The Balaban J connectivity index is 1.63. The van der Waals surface area contributed by atoms with Gasteiger partial charge < -0.3 is 10.1 Å². The van der Waals surface area contributed by atoms with E-state index in [0.29, 0.717) is 12.1 Å². The highest BCUT2D eigenvalue weighted by atomic mass is 32.2. The van der Waals surface area contributed by atoms with Crippen LogP contribution in [0.1, 0.15) is 51.3 Å². The number of ether oxygens (including phenoxy) is 1. The summed E-state index contributed by atoms with van der Waals surface area (Å²) in [5.41, 5.74) is 1.14. The summed E-state index contributed by atoms with van der Waals surface area (Å²) < 4.78 is 8.23. The third-order valence-corrected chi connectivity index (χ3v) is 5.48. The molecule has 1 aromatic rings. The molecule has 0 aliphatic carbocycles. The molecule has 5 nitrogen and oxygen atoms in total. The monoisotopic (exact) mass is 310 g/mol. The molecule has 2 aliphatic rings. The Hall–Kier alpha value is -0.590. The molecule has 3 heterocycles. The van der Waals surface area contributed by atoms with E-state index in [4.69, 9.17) is 4.74 Å². The molecule has 0 aromatic carbocycles. The van der Waals surface area contributed by atoms with Crippen molar-refractivity contribution in [3.63, 3.8) is 0 Å². The van der Waals surface area contributed by atoms with Gasteiger partial charge in [-0.3, -0.25) is 0 Å². The fourth-order valence-electron chi connectivity index (χ4n) is 3.20. The molecule has 2 fully saturated rings. The number of hydrogen-bond donors (Lipinski definition) is 1. The van der Waals surface area contributed by atoms with Crippen LogP contribution in [0.25, 0.3) is 0 Å². The first-order valence-corrected chi connectivity index (χ1v) is 9.18. The van der Waals surface area contributed by atoms with Crippen molar-refractivity contribution in [3.8, 4) is 0 Å². The Labute approximate surface area is 131 Å². The van der Waals surface area contributed by atoms with Crippen molar-refractivity contribution >= 4 is 11.8 Å². The van der Waals surface area contributed by atoms with Gasteiger partial charge in [0.25, 0.3) is 0 Å². The first-order valence-electron chi connectivity index (χ1n) is 8.03. The zero-order valence-electron chi connectivity index (χ0n) is 13.0. The van der Waals surface area contributed by atoms with Crippen molar-refractivity contribution in [1.29, 1.82) is 0 Å². The van der Waals surface area contributed by atoms with Crippen LogP contribution in [0.15, 0.2) is 6.20 Å². The standard InChI is InChI=1S/C15H26N4OS/c1-12(2)16-10-13-11-19(18-17-13)14-3-6-20-15(9-14)4-7-21-8-5-15/h11-12,14,16H,3-10H2,1-2H3. The van der Waals surface area contributed by atoms with Gasteiger partial charge in [0.15, 0.2) is 0 Å². The van der Waals surface area contributed by atoms with Crippen LogP contribution >= 0.6 is 11.8 Å². The molecular weight excluding hydrogens is 284 g/mol. The summed E-state index contributed by atoms with van der Waals surface area (Å²) in [4.78, 5) is 0. The van der Waals surface area contributed by atoms with Crippen LogP contribution in [0.3, 0.4) is 0 Å². The van der Waals surface area contributed by atoms with E-state index < -0.39 is 0 Å². The molecule has 6 heteroatoms. The van der Waals surface area contributed by atoms with Crippen LogP contribution in [0.5, 0.6) is 0 Å². The summed E-state index contributed by atoms with van der Waals surface area (Å²) >= 11 is 2.05. The highest BCUT2D eigenvalue weighted by molar-refractivity contribution is 7.99. The molecule has 118 valence electrons. The van der Waals surface area contributed by atoms with E-state index in [2.05, 4.69) is 40.4 Å². The second-order valence-corrected chi connectivity index (χ2v) is 7.74. The molecule has 21 heavy (non-hydrogen) atoms. The van der Waals surface area contributed by atoms with Crippen molar-refractivity contribution in [2.75, 3.05) is 18.1 Å². The number of nitrogens with zero attached hydrogens (tertiary/aromatic N) is 3. The molecule has 1 atom stereocenters. The number of thioether (sulfide) groups is 1. The Morgan fingerprint density at radius 3 is 3.05 bits per heavy atom. The van der Waals surface area contributed by atoms with E-state index in [1.54, 1.807) is 0 Å². The van der Waals surface area contributed by atoms with Crippen LogP contribution in [-0.4, -0.2) is 44.7 Å². The van der Waals surface area contributed by atoms with Gasteiger partial charge in [-0.05, 0) is 37.2 Å². The lowest BCUT2D eigenvalue weighted by Crippen LogP contribution is -2.43. The predicted octanol–water partition coefficient (Wildman–Crippen LogP) is 2.39. The highest BCUT2D eigenvalue weighted by Crippen LogP contribution is 2.41. The SMILES string of the molecule is CC(C)NCc1cn(C2CCOC3(CCSCC3)C2)nn1. The summed E-state index contributed by atoms with van der Waals surface area (Å²) in [7, 11) is 0. The first kappa shape index (κ1) is 15.3. The summed E-state index contributed by atoms with van der Waals surface area (Å²) in [6.45, 7) is 5.94. The molecule has 3 rings (SSSR count). The second kappa shape index (κ2) is 6.67. The fourth-order valence-corrected chi connectivity index (χ4v) is 4.44. The van der Waals surface area contributed by atoms with Crippen LogP contribution in [0.2, 0.25) is 0 Å². The van der Waals surface area contributed by atoms with Gasteiger partial charge >= 0.3 is 0 Å². The van der Waals surface area contributed by atoms with Crippen molar-refractivity contribution in [2.24, 2.45) is 0 Å². The molecule has 0 bridgehead atoms. The van der Waals surface area contributed by atoms with Gasteiger partial charge in [0.2, 0.25) is 0 Å². The largest absolute Gasteiger partial charge is 0.375 e. The molecule has 1 N–H and O–H groups in total. The Morgan fingerprint density at radius 1 is 1.48 bits per heavy atom. The van der Waals surface area contributed by atoms with Gasteiger partial charge in [0.05, 0.1) is 23.5 Å². The molecule has 2 saturated heterocycles. The maximum Gasteiger partial charge on any atom is 0.0965 e. The maximum atomic E-state index is 6.16. The van der Waals surface area contributed by atoms with Crippen LogP contribution in [0, 0.1) is 0 Å². The predicted molar refractivity (Wildman–Crippen MR) is 85.5 cm³/mol. The fraction of sp³-hybridized carbons (Fsp3) is 0.867. The minimum atomic E-state index is 0.108. The average molecular weight is 310 g/mol. The van der Waals surface area contributed by atoms with E-state index >= 15 is 0 Å². The third-order valence-electron chi connectivity index (χ3n) is 4.49. The van der Waals surface area contributed by atoms with Crippen molar-refractivity contribution in [3.05, 3.63) is 11.9 Å². The lowest BCUT2D eigenvalue weighted by Gasteiger charge is -2.43. The van der Waals surface area contributed by atoms with E-state index in [1.807, 2.05) is 11.8 Å². The first-order chi connectivity index (χ1) is 10.2. The molecule has 2 aliphatic heterocycles. The van der Waals surface area contributed by atoms with Gasteiger partial charge in [0, 0.05) is 19.2 Å². The molecule has 0 radical (unpaired) electrons. The number of hydrogen-bond acceptors (Lipinski definition) is 5. The minimum Gasteiger partial charge on any atom is -0.375 e. The van der Waals surface area contributed by atoms with Gasteiger partial charge in [0.1, 0.15) is 0 Å². The smallest absolute Gasteiger partial charge is 0.0965 e. The normalized spacial score (nSPS) is 25.6. The zero-order chi connectivity index (χ0) is 14.7. The number of rotatable bonds is 4. The molecular formula is C15H26N4OS. The third kappa shape index (κ3) is 3.79. The Bertz CT molecular complexity index is 451. The van der Waals surface area contributed by atoms with Crippen molar-refractivity contribution in [2.45, 2.75) is 63.8 Å². The minimum absolute atomic E-state index is 0.108. The van der Waals surface area contributed by atoms with E-state index in [0.717, 1.165) is 31.7 Å². The van der Waals surface area contributed by atoms with Gasteiger partial charge in [-0.1, -0.05) is 19.1 Å². The average Bonchev–Trinajstić information content (AvgIpc) is 2.95. The van der Waals surface area contributed by atoms with Gasteiger partial charge in [-0.15, -0.1) is 5.10 Å². The second-order valence-electron chi connectivity index (χ2n) is 6.52. The summed E-state index contributed by atoms with van der Waals surface area (Å²) in [5, 5.41) is 12.1. The topological polar surface area (TPSA) is 52.0 Å². The van der Waals surface area contributed by atoms with E-state index in [1.165, 1.54) is 24.3 Å². The molecule has 1 unspecified atom stereocenters. The lowest BCUT2D eigenvalue weighted by atomic mass is 9.85. The summed E-state index contributed by atoms with van der Waals surface area (Å²) in [5.74, 6) is 2.46. The summed E-state index contributed by atoms with van der Waals surface area (Å²) in [6, 6.07) is 0.920. The summed E-state index contributed by atoms with van der Waals surface area (Å²) in [6.07, 6.45) is 6.62. The van der Waals surface area contributed by atoms with E-state index in [-0.39, 0.29) is 5.60 Å². The Kier molecular flexibility index (Phi) is 4.86. The van der Waals surface area contributed by atoms with Crippen molar-refractivity contribution in [1.82, 2.24) is 20.3 Å². The van der Waals surface area contributed by atoms with Gasteiger partial charge in [-0.25, -0.2) is 4.68 Å².